The summed E-state index contributed by atoms with van der Waals surface area (Å²) in [5.41, 5.74) is 4.54. The standard InChI is InChI=1S/C23H38N6O2.C2H6/c1-3-7-29(8-4-2)22-17-21(27-26-20-16-18-5-6-19(20)15-18)24-23(25-22)31-14-11-28-9-12-30-13-10-28;1-2/h17-19H,3-16H2,1-2H3,(H,24,25,27);1-2H3/b26-20-;. The monoisotopic (exact) mass is 460 g/mol. The highest BCUT2D eigenvalue weighted by atomic mass is 16.5. The number of nitrogens with zero attached hydrogens (tertiary/aromatic N) is 5. The van der Waals surface area contributed by atoms with Crippen LogP contribution in [0.15, 0.2) is 11.2 Å². The topological polar surface area (TPSA) is 75.1 Å². The van der Waals surface area contributed by atoms with Crippen molar-refractivity contribution in [2.75, 3.05) is 62.9 Å². The van der Waals surface area contributed by atoms with E-state index in [9.17, 15) is 0 Å². The molecule has 3 fully saturated rings. The molecular weight excluding hydrogens is 416 g/mol. The van der Waals surface area contributed by atoms with Crippen LogP contribution in [0.5, 0.6) is 6.01 Å². The van der Waals surface area contributed by atoms with Crippen molar-refractivity contribution in [3.63, 3.8) is 0 Å². The van der Waals surface area contributed by atoms with Crippen LogP contribution in [0.3, 0.4) is 0 Å². The van der Waals surface area contributed by atoms with Gasteiger partial charge >= 0.3 is 6.01 Å². The summed E-state index contributed by atoms with van der Waals surface area (Å²) in [6, 6.07) is 2.44. The lowest BCUT2D eigenvalue weighted by Crippen LogP contribution is -2.38. The number of aromatic nitrogens is 2. The van der Waals surface area contributed by atoms with Gasteiger partial charge in [0.25, 0.3) is 0 Å². The molecule has 186 valence electrons. The van der Waals surface area contributed by atoms with E-state index in [0.29, 0.717) is 18.5 Å². The zero-order chi connectivity index (χ0) is 23.5. The molecule has 4 rings (SSSR count). The normalized spacial score (nSPS) is 23.3. The average Bonchev–Trinajstić information content (AvgIpc) is 3.48. The third-order valence-electron chi connectivity index (χ3n) is 6.57. The lowest BCUT2D eigenvalue weighted by Gasteiger charge is -2.26. The van der Waals surface area contributed by atoms with E-state index >= 15 is 0 Å². The zero-order valence-corrected chi connectivity index (χ0v) is 21.2. The first kappa shape index (κ1) is 25.7. The van der Waals surface area contributed by atoms with Crippen LogP contribution in [-0.2, 0) is 4.74 Å². The number of nitrogens with one attached hydrogen (secondary N) is 1. The molecular formula is C25H44N6O2. The van der Waals surface area contributed by atoms with Gasteiger partial charge in [0.15, 0.2) is 5.82 Å². The summed E-state index contributed by atoms with van der Waals surface area (Å²) in [4.78, 5) is 14.0. The summed E-state index contributed by atoms with van der Waals surface area (Å²) in [6.07, 6.45) is 7.25. The summed E-state index contributed by atoms with van der Waals surface area (Å²) >= 11 is 0. The molecule has 8 heteroatoms. The van der Waals surface area contributed by atoms with Crippen LogP contribution in [0.4, 0.5) is 11.6 Å². The molecule has 3 aliphatic rings. The van der Waals surface area contributed by atoms with Crippen LogP contribution in [0, 0.1) is 11.8 Å². The van der Waals surface area contributed by atoms with Gasteiger partial charge < -0.3 is 14.4 Å². The van der Waals surface area contributed by atoms with Crippen LogP contribution >= 0.6 is 0 Å². The molecule has 1 aromatic rings. The average molecular weight is 461 g/mol. The smallest absolute Gasteiger partial charge is 0.320 e. The Morgan fingerprint density at radius 3 is 2.55 bits per heavy atom. The van der Waals surface area contributed by atoms with Gasteiger partial charge in [0.2, 0.25) is 0 Å². The van der Waals surface area contributed by atoms with Gasteiger partial charge in [-0.05, 0) is 50.4 Å². The predicted molar refractivity (Wildman–Crippen MR) is 135 cm³/mol. The number of rotatable bonds is 11. The number of fused-ring (bicyclic) bond motifs is 2. The highest BCUT2D eigenvalue weighted by Gasteiger charge is 2.36. The van der Waals surface area contributed by atoms with E-state index in [0.717, 1.165) is 82.8 Å². The number of hydrogen-bond acceptors (Lipinski definition) is 8. The summed E-state index contributed by atoms with van der Waals surface area (Å²) in [5.74, 6) is 3.14. The van der Waals surface area contributed by atoms with E-state index in [4.69, 9.17) is 19.6 Å². The second-order valence-corrected chi connectivity index (χ2v) is 8.98. The van der Waals surface area contributed by atoms with Gasteiger partial charge in [0.05, 0.1) is 13.2 Å². The van der Waals surface area contributed by atoms with Crippen molar-refractivity contribution in [3.05, 3.63) is 6.07 Å². The number of ether oxygens (including phenoxy) is 2. The molecule has 2 saturated carbocycles. The molecule has 0 spiro atoms. The minimum atomic E-state index is 0.429. The Hall–Kier alpha value is -1.93. The summed E-state index contributed by atoms with van der Waals surface area (Å²) < 4.78 is 11.4. The molecule has 0 radical (unpaired) electrons. The van der Waals surface area contributed by atoms with Gasteiger partial charge in [0.1, 0.15) is 12.4 Å². The van der Waals surface area contributed by atoms with Gasteiger partial charge in [-0.2, -0.15) is 15.1 Å². The molecule has 8 nitrogen and oxygen atoms in total. The van der Waals surface area contributed by atoms with Gasteiger partial charge in [-0.15, -0.1) is 0 Å². The maximum absolute atomic E-state index is 6.00. The molecule has 1 aromatic heterocycles. The van der Waals surface area contributed by atoms with Gasteiger partial charge in [-0.1, -0.05) is 27.7 Å². The lowest BCUT2D eigenvalue weighted by molar-refractivity contribution is 0.0317. The molecule has 2 aliphatic carbocycles. The fraction of sp³-hybridized carbons (Fsp3) is 0.800. The third kappa shape index (κ3) is 7.54. The van der Waals surface area contributed by atoms with Crippen molar-refractivity contribution < 1.29 is 9.47 Å². The molecule has 2 heterocycles. The maximum Gasteiger partial charge on any atom is 0.320 e. The number of hydrazone groups is 1. The minimum Gasteiger partial charge on any atom is -0.462 e. The molecule has 1 saturated heterocycles. The van der Waals surface area contributed by atoms with Gasteiger partial charge in [-0.25, -0.2) is 0 Å². The summed E-state index contributed by atoms with van der Waals surface area (Å²) in [6.45, 7) is 15.3. The Morgan fingerprint density at radius 2 is 1.91 bits per heavy atom. The second-order valence-electron chi connectivity index (χ2n) is 8.98. The molecule has 2 unspecified atom stereocenters. The maximum atomic E-state index is 6.00. The Bertz CT molecular complexity index is 732. The van der Waals surface area contributed by atoms with Crippen LogP contribution < -0.4 is 15.1 Å². The minimum absolute atomic E-state index is 0.429. The largest absolute Gasteiger partial charge is 0.462 e. The molecule has 0 aromatic carbocycles. The van der Waals surface area contributed by atoms with E-state index < -0.39 is 0 Å². The molecule has 0 amide bonds. The lowest BCUT2D eigenvalue weighted by atomic mass is 9.99. The van der Waals surface area contributed by atoms with Crippen molar-refractivity contribution in [1.82, 2.24) is 14.9 Å². The van der Waals surface area contributed by atoms with Crippen LogP contribution in [0.25, 0.3) is 0 Å². The van der Waals surface area contributed by atoms with Crippen molar-refractivity contribution >= 4 is 17.3 Å². The van der Waals surface area contributed by atoms with Crippen molar-refractivity contribution in [2.24, 2.45) is 16.9 Å². The first-order valence-electron chi connectivity index (χ1n) is 13.1. The molecule has 2 atom stereocenters. The van der Waals surface area contributed by atoms with Gasteiger partial charge in [-0.3, -0.25) is 10.3 Å². The van der Waals surface area contributed by atoms with E-state index in [1.807, 2.05) is 19.9 Å². The predicted octanol–water partition coefficient (Wildman–Crippen LogP) is 4.43. The van der Waals surface area contributed by atoms with E-state index in [-0.39, 0.29) is 0 Å². The zero-order valence-electron chi connectivity index (χ0n) is 21.2. The Balaban J connectivity index is 0.00000149. The van der Waals surface area contributed by atoms with E-state index in [2.05, 4.69) is 34.1 Å². The van der Waals surface area contributed by atoms with E-state index in [1.54, 1.807) is 0 Å². The second kappa shape index (κ2) is 13.7. The van der Waals surface area contributed by atoms with Crippen molar-refractivity contribution in [3.8, 4) is 6.01 Å². The SMILES string of the molecule is CC.CCCN(CCC)c1cc(N/N=C2/CC3CCC2C3)nc(OCCN2CCOCC2)n1. The fourth-order valence-electron chi connectivity index (χ4n) is 4.96. The molecule has 1 N–H and O–H groups in total. The quantitative estimate of drug-likeness (QED) is 0.490. The number of anilines is 2. The Kier molecular flexibility index (Phi) is 10.7. The van der Waals surface area contributed by atoms with Crippen LogP contribution in [0.2, 0.25) is 0 Å². The fourth-order valence-corrected chi connectivity index (χ4v) is 4.96. The first-order valence-corrected chi connectivity index (χ1v) is 13.1. The first-order chi connectivity index (χ1) is 16.2. The molecule has 33 heavy (non-hydrogen) atoms. The van der Waals surface area contributed by atoms with Crippen LogP contribution in [0.1, 0.15) is 66.2 Å². The van der Waals surface area contributed by atoms with Crippen molar-refractivity contribution in [2.45, 2.75) is 66.2 Å². The summed E-state index contributed by atoms with van der Waals surface area (Å²) in [5, 5.41) is 4.74. The Morgan fingerprint density at radius 1 is 1.15 bits per heavy atom. The van der Waals surface area contributed by atoms with Crippen molar-refractivity contribution in [1.29, 1.82) is 0 Å². The molecule has 2 bridgehead atoms. The summed E-state index contributed by atoms with van der Waals surface area (Å²) in [7, 11) is 0. The molecule has 1 aliphatic heterocycles. The van der Waals surface area contributed by atoms with E-state index in [1.165, 1.54) is 25.0 Å². The van der Waals surface area contributed by atoms with Crippen LogP contribution in [-0.4, -0.2) is 73.1 Å². The Labute approximate surface area is 200 Å². The number of hydrogen-bond donors (Lipinski definition) is 1. The number of morpholine rings is 1. The van der Waals surface area contributed by atoms with Gasteiger partial charge in [0, 0.05) is 44.5 Å². The highest BCUT2D eigenvalue weighted by molar-refractivity contribution is 5.90. The highest BCUT2D eigenvalue weighted by Crippen LogP contribution is 2.42. The third-order valence-corrected chi connectivity index (χ3v) is 6.57.